The van der Waals surface area contributed by atoms with Crippen LogP contribution in [0.1, 0.15) is 13.8 Å². The summed E-state index contributed by atoms with van der Waals surface area (Å²) in [6.45, 7) is 4.09. The van der Waals surface area contributed by atoms with Crippen LogP contribution in [0.3, 0.4) is 0 Å². The van der Waals surface area contributed by atoms with E-state index in [0.717, 1.165) is 4.31 Å². The first-order chi connectivity index (χ1) is 16.2. The molecule has 2 aromatic rings. The first-order valence-corrected chi connectivity index (χ1v) is 12.0. The van der Waals surface area contributed by atoms with Crippen LogP contribution in [0.5, 0.6) is 23.0 Å². The zero-order chi connectivity index (χ0) is 24.7. The minimum Gasteiger partial charge on any atom is -0.494 e. The third-order valence-corrected chi connectivity index (χ3v) is 6.53. The lowest BCUT2D eigenvalue weighted by Crippen LogP contribution is -2.50. The Morgan fingerprint density at radius 3 is 2.35 bits per heavy atom. The molecule has 184 valence electrons. The van der Waals surface area contributed by atoms with Crippen LogP contribution in [0.15, 0.2) is 47.4 Å². The summed E-state index contributed by atoms with van der Waals surface area (Å²) < 4.78 is 48.1. The fourth-order valence-corrected chi connectivity index (χ4v) is 4.11. The van der Waals surface area contributed by atoms with E-state index in [1.54, 1.807) is 24.3 Å². The minimum absolute atomic E-state index is 0.0477. The summed E-state index contributed by atoms with van der Waals surface area (Å²) in [5.74, 6) is 0.552. The van der Waals surface area contributed by atoms with Gasteiger partial charge in [0, 0.05) is 13.1 Å². The summed E-state index contributed by atoms with van der Waals surface area (Å²) in [6, 6.07) is 11.0. The number of amides is 2. The molecule has 1 heterocycles. The molecule has 1 atom stereocenters. The summed E-state index contributed by atoms with van der Waals surface area (Å²) in [5, 5.41) is 0. The molecule has 0 fully saturated rings. The summed E-state index contributed by atoms with van der Waals surface area (Å²) >= 11 is 0. The summed E-state index contributed by atoms with van der Waals surface area (Å²) in [5.41, 5.74) is 4.42. The number of nitrogens with zero attached hydrogens (tertiary/aromatic N) is 1. The molecule has 34 heavy (non-hydrogen) atoms. The van der Waals surface area contributed by atoms with Crippen LogP contribution >= 0.6 is 0 Å². The zero-order valence-electron chi connectivity index (χ0n) is 19.1. The van der Waals surface area contributed by atoms with Crippen molar-refractivity contribution in [2.75, 3.05) is 33.4 Å². The van der Waals surface area contributed by atoms with Crippen LogP contribution < -0.4 is 29.8 Å². The van der Waals surface area contributed by atoms with E-state index < -0.39 is 34.5 Å². The van der Waals surface area contributed by atoms with Crippen molar-refractivity contribution in [2.45, 2.75) is 24.8 Å². The van der Waals surface area contributed by atoms with E-state index in [-0.39, 0.29) is 4.90 Å². The maximum absolute atomic E-state index is 12.8. The number of carbonyl (C=O) groups is 2. The fraction of sp³-hybridized carbons (Fsp3) is 0.364. The van der Waals surface area contributed by atoms with Gasteiger partial charge in [-0.3, -0.25) is 20.4 Å². The lowest BCUT2D eigenvalue weighted by Gasteiger charge is -2.21. The van der Waals surface area contributed by atoms with E-state index >= 15 is 0 Å². The maximum atomic E-state index is 12.8. The number of hydrogen-bond donors (Lipinski definition) is 2. The van der Waals surface area contributed by atoms with Crippen molar-refractivity contribution in [3.63, 3.8) is 0 Å². The van der Waals surface area contributed by atoms with E-state index in [1.165, 1.54) is 32.2 Å². The predicted molar refractivity (Wildman–Crippen MR) is 121 cm³/mol. The van der Waals surface area contributed by atoms with Gasteiger partial charge in [-0.15, -0.1) is 0 Å². The smallest absolute Gasteiger partial charge is 0.279 e. The molecule has 0 spiro atoms. The topological polar surface area (TPSA) is 132 Å². The Morgan fingerprint density at radius 1 is 1.03 bits per heavy atom. The van der Waals surface area contributed by atoms with Crippen molar-refractivity contribution in [1.29, 1.82) is 0 Å². The highest BCUT2D eigenvalue weighted by atomic mass is 32.2. The van der Waals surface area contributed by atoms with Crippen LogP contribution in [0.4, 0.5) is 0 Å². The standard InChI is InChI=1S/C22H27N3O8S/c1-4-30-16-5-7-17(8-6-16)33-15(2)22(27)24-23-21(26)14-25(3)34(28,29)18-9-10-19-20(13-18)32-12-11-31-19/h5-10,13,15H,4,11-12,14H2,1-3H3,(H,23,26)(H,24,27)/t15-/m0/s1. The van der Waals surface area contributed by atoms with Crippen LogP contribution in [-0.4, -0.2) is 64.1 Å². The third kappa shape index (κ3) is 6.29. The molecule has 0 bridgehead atoms. The average Bonchev–Trinajstić information content (AvgIpc) is 2.83. The van der Waals surface area contributed by atoms with Crippen molar-refractivity contribution >= 4 is 21.8 Å². The first kappa shape index (κ1) is 25.1. The number of likely N-dealkylation sites (N-methyl/N-ethyl adjacent to an activating group) is 1. The van der Waals surface area contributed by atoms with Gasteiger partial charge in [-0.25, -0.2) is 8.42 Å². The quantitative estimate of drug-likeness (QED) is 0.496. The molecular formula is C22H27N3O8S. The largest absolute Gasteiger partial charge is 0.494 e. The van der Waals surface area contributed by atoms with Gasteiger partial charge in [0.25, 0.3) is 11.8 Å². The SMILES string of the molecule is CCOc1ccc(O[C@@H](C)C(=O)NNC(=O)CN(C)S(=O)(=O)c2ccc3c(c2)OCCO3)cc1. The highest BCUT2D eigenvalue weighted by Crippen LogP contribution is 2.32. The molecule has 2 N–H and O–H groups in total. The number of benzene rings is 2. The maximum Gasteiger partial charge on any atom is 0.279 e. The molecule has 0 saturated heterocycles. The molecule has 11 nitrogen and oxygen atoms in total. The molecule has 0 saturated carbocycles. The monoisotopic (exact) mass is 493 g/mol. The number of ether oxygens (including phenoxy) is 4. The highest BCUT2D eigenvalue weighted by molar-refractivity contribution is 7.89. The molecule has 2 aromatic carbocycles. The lowest BCUT2D eigenvalue weighted by atomic mass is 10.3. The Balaban J connectivity index is 1.50. The minimum atomic E-state index is -3.98. The molecule has 1 aliphatic heterocycles. The molecular weight excluding hydrogens is 466 g/mol. The van der Waals surface area contributed by atoms with Gasteiger partial charge >= 0.3 is 0 Å². The summed E-state index contributed by atoms with van der Waals surface area (Å²) in [6.07, 6.45) is -0.919. The number of hydrazine groups is 1. The molecule has 0 unspecified atom stereocenters. The predicted octanol–water partition coefficient (Wildman–Crippen LogP) is 1.09. The third-order valence-electron chi connectivity index (χ3n) is 4.73. The Labute approximate surface area is 197 Å². The molecule has 2 amide bonds. The van der Waals surface area contributed by atoms with Crippen LogP contribution in [0, 0.1) is 0 Å². The lowest BCUT2D eigenvalue weighted by molar-refractivity contribution is -0.132. The number of hydrogen-bond acceptors (Lipinski definition) is 8. The number of fused-ring (bicyclic) bond motifs is 1. The van der Waals surface area contributed by atoms with Crippen molar-refractivity contribution in [3.8, 4) is 23.0 Å². The Hall–Kier alpha value is -3.51. The highest BCUT2D eigenvalue weighted by Gasteiger charge is 2.26. The van der Waals surface area contributed by atoms with E-state index in [2.05, 4.69) is 10.9 Å². The second-order valence-corrected chi connectivity index (χ2v) is 9.31. The summed E-state index contributed by atoms with van der Waals surface area (Å²) in [7, 11) is -2.73. The van der Waals surface area contributed by atoms with E-state index in [4.69, 9.17) is 18.9 Å². The van der Waals surface area contributed by atoms with Gasteiger partial charge in [-0.05, 0) is 50.2 Å². The van der Waals surface area contributed by atoms with E-state index in [0.29, 0.717) is 42.8 Å². The van der Waals surface area contributed by atoms with Gasteiger partial charge in [0.05, 0.1) is 18.0 Å². The molecule has 12 heteroatoms. The van der Waals surface area contributed by atoms with Gasteiger partial charge in [-0.1, -0.05) is 0 Å². The van der Waals surface area contributed by atoms with Crippen LogP contribution in [0.2, 0.25) is 0 Å². The van der Waals surface area contributed by atoms with E-state index in [1.807, 2.05) is 6.92 Å². The molecule has 3 rings (SSSR count). The van der Waals surface area contributed by atoms with E-state index in [9.17, 15) is 18.0 Å². The number of carbonyl (C=O) groups excluding carboxylic acids is 2. The van der Waals surface area contributed by atoms with Crippen LogP contribution in [0.25, 0.3) is 0 Å². The molecule has 1 aliphatic rings. The van der Waals surface area contributed by atoms with Crippen molar-refractivity contribution in [2.24, 2.45) is 0 Å². The van der Waals surface area contributed by atoms with Crippen LogP contribution in [-0.2, 0) is 19.6 Å². The fourth-order valence-electron chi connectivity index (χ4n) is 2.96. The van der Waals surface area contributed by atoms with Crippen molar-refractivity contribution in [1.82, 2.24) is 15.2 Å². The normalized spacial score (nSPS) is 13.6. The van der Waals surface area contributed by atoms with Crippen molar-refractivity contribution < 1.29 is 37.0 Å². The van der Waals surface area contributed by atoms with Gasteiger partial charge in [0.2, 0.25) is 10.0 Å². The molecule has 0 aliphatic carbocycles. The van der Waals surface area contributed by atoms with Crippen molar-refractivity contribution in [3.05, 3.63) is 42.5 Å². The van der Waals surface area contributed by atoms with Gasteiger partial charge in [0.15, 0.2) is 17.6 Å². The average molecular weight is 494 g/mol. The molecule has 0 radical (unpaired) electrons. The Bertz CT molecular complexity index is 1120. The second-order valence-electron chi connectivity index (χ2n) is 7.27. The Morgan fingerprint density at radius 2 is 1.68 bits per heavy atom. The zero-order valence-corrected chi connectivity index (χ0v) is 19.9. The number of sulfonamides is 1. The second kappa shape index (κ2) is 11.1. The summed E-state index contributed by atoms with van der Waals surface area (Å²) in [4.78, 5) is 24.4. The van der Waals surface area contributed by atoms with Gasteiger partial charge in [-0.2, -0.15) is 4.31 Å². The van der Waals surface area contributed by atoms with Gasteiger partial charge < -0.3 is 18.9 Å². The number of rotatable bonds is 9. The first-order valence-electron chi connectivity index (χ1n) is 10.5. The van der Waals surface area contributed by atoms with Gasteiger partial charge in [0.1, 0.15) is 24.7 Å². The number of nitrogens with one attached hydrogen (secondary N) is 2. The Kier molecular flexibility index (Phi) is 8.18. The molecule has 0 aromatic heterocycles.